The van der Waals surface area contributed by atoms with E-state index in [9.17, 15) is 8.42 Å². The minimum atomic E-state index is -3.25. The van der Waals surface area contributed by atoms with Gasteiger partial charge in [-0.05, 0) is 32.1 Å². The van der Waals surface area contributed by atoms with E-state index in [-0.39, 0.29) is 19.6 Å². The first kappa shape index (κ1) is 21.2. The van der Waals surface area contributed by atoms with Crippen LogP contribution in [0.4, 0.5) is 0 Å². The van der Waals surface area contributed by atoms with Crippen LogP contribution in [0.1, 0.15) is 55.9 Å². The minimum Gasteiger partial charge on any atom is -0.365 e. The van der Waals surface area contributed by atoms with Gasteiger partial charge in [0.15, 0.2) is 0 Å². The van der Waals surface area contributed by atoms with Crippen molar-refractivity contribution in [2.24, 2.45) is 11.3 Å². The molecular weight excluding hydrogens is 262 g/mol. The van der Waals surface area contributed by atoms with Crippen molar-refractivity contribution in [2.75, 3.05) is 19.6 Å². The van der Waals surface area contributed by atoms with Crippen molar-refractivity contribution in [3.63, 3.8) is 0 Å². The van der Waals surface area contributed by atoms with Crippen molar-refractivity contribution in [1.29, 1.82) is 0 Å². The van der Waals surface area contributed by atoms with E-state index in [1.165, 1.54) is 10.6 Å². The van der Waals surface area contributed by atoms with Crippen LogP contribution in [0.5, 0.6) is 0 Å². The average Bonchev–Trinajstić information content (AvgIpc) is 2.05. The Hall–Kier alpha value is -0.130. The SMILES string of the molecule is C.CC(COCN(C(C)(C)C)S(C)(=O)=O)C(C)(C)C. The van der Waals surface area contributed by atoms with E-state index in [0.717, 1.165) is 0 Å². The van der Waals surface area contributed by atoms with Crippen LogP contribution in [0.2, 0.25) is 0 Å². The molecule has 1 atom stereocenters. The second-order valence-electron chi connectivity index (χ2n) is 7.05. The third-order valence-electron chi connectivity index (χ3n) is 3.20. The Morgan fingerprint density at radius 2 is 1.53 bits per heavy atom. The zero-order valence-electron chi connectivity index (χ0n) is 13.1. The minimum absolute atomic E-state index is 0. The fourth-order valence-corrected chi connectivity index (χ4v) is 2.61. The predicted molar refractivity (Wildman–Crippen MR) is 82.6 cm³/mol. The summed E-state index contributed by atoms with van der Waals surface area (Å²) in [6.45, 7) is 14.8. The zero-order valence-corrected chi connectivity index (χ0v) is 13.9. The van der Waals surface area contributed by atoms with Crippen LogP contribution in [0.3, 0.4) is 0 Å². The molecule has 0 aromatic heterocycles. The van der Waals surface area contributed by atoms with Gasteiger partial charge in [0.2, 0.25) is 10.0 Å². The van der Waals surface area contributed by atoms with Gasteiger partial charge < -0.3 is 4.74 Å². The van der Waals surface area contributed by atoms with Gasteiger partial charge in [0.25, 0.3) is 0 Å². The molecule has 0 saturated heterocycles. The van der Waals surface area contributed by atoms with Crippen molar-refractivity contribution in [3.05, 3.63) is 0 Å². The first-order chi connectivity index (χ1) is 7.76. The van der Waals surface area contributed by atoms with Gasteiger partial charge in [0, 0.05) is 5.54 Å². The van der Waals surface area contributed by atoms with Gasteiger partial charge in [-0.25, -0.2) is 8.42 Å². The van der Waals surface area contributed by atoms with Gasteiger partial charge in [-0.15, -0.1) is 0 Å². The van der Waals surface area contributed by atoms with Crippen LogP contribution in [-0.4, -0.2) is 37.9 Å². The molecule has 4 nitrogen and oxygen atoms in total. The lowest BCUT2D eigenvalue weighted by molar-refractivity contribution is 0.00195. The molecule has 0 fully saturated rings. The predicted octanol–water partition coefficient (Wildman–Crippen LogP) is 3.34. The van der Waals surface area contributed by atoms with E-state index in [1.807, 2.05) is 20.8 Å². The molecule has 0 aromatic carbocycles. The lowest BCUT2D eigenvalue weighted by atomic mass is 9.83. The number of sulfonamides is 1. The van der Waals surface area contributed by atoms with Crippen LogP contribution in [0.25, 0.3) is 0 Å². The smallest absolute Gasteiger partial charge is 0.213 e. The normalized spacial score (nSPS) is 15.2. The summed E-state index contributed by atoms with van der Waals surface area (Å²) in [6.07, 6.45) is 1.22. The first-order valence-electron chi connectivity index (χ1n) is 6.32. The lowest BCUT2D eigenvalue weighted by Gasteiger charge is -2.34. The maximum Gasteiger partial charge on any atom is 0.213 e. The molecule has 0 rings (SSSR count). The molecule has 0 saturated carbocycles. The second kappa shape index (κ2) is 7.04. The fourth-order valence-electron chi connectivity index (χ4n) is 1.35. The highest BCUT2D eigenvalue weighted by Gasteiger charge is 2.30. The molecule has 19 heavy (non-hydrogen) atoms. The van der Waals surface area contributed by atoms with Crippen molar-refractivity contribution in [1.82, 2.24) is 4.31 Å². The number of rotatable bonds is 5. The highest BCUT2D eigenvalue weighted by Crippen LogP contribution is 2.25. The summed E-state index contributed by atoms with van der Waals surface area (Å²) in [5.41, 5.74) is -0.295. The Morgan fingerprint density at radius 3 is 1.79 bits per heavy atom. The molecule has 0 aliphatic carbocycles. The summed E-state index contributed by atoms with van der Waals surface area (Å²) >= 11 is 0. The summed E-state index contributed by atoms with van der Waals surface area (Å²) in [5.74, 6) is 0.374. The summed E-state index contributed by atoms with van der Waals surface area (Å²) < 4.78 is 30.4. The molecule has 0 heterocycles. The molecule has 0 N–H and O–H groups in total. The van der Waals surface area contributed by atoms with E-state index in [2.05, 4.69) is 27.7 Å². The van der Waals surface area contributed by atoms with Crippen LogP contribution >= 0.6 is 0 Å². The molecule has 0 aliphatic heterocycles. The maximum atomic E-state index is 11.7. The number of hydrogen-bond acceptors (Lipinski definition) is 3. The topological polar surface area (TPSA) is 46.6 Å². The van der Waals surface area contributed by atoms with Gasteiger partial charge in [0.1, 0.15) is 6.73 Å². The largest absolute Gasteiger partial charge is 0.365 e. The Kier molecular flexibility index (Phi) is 7.85. The van der Waals surface area contributed by atoms with E-state index in [4.69, 9.17) is 4.74 Å². The van der Waals surface area contributed by atoms with Gasteiger partial charge in [-0.3, -0.25) is 0 Å². The van der Waals surface area contributed by atoms with Gasteiger partial charge in [-0.1, -0.05) is 35.1 Å². The fraction of sp³-hybridized carbons (Fsp3) is 1.00. The Balaban J connectivity index is 0. The van der Waals surface area contributed by atoms with E-state index >= 15 is 0 Å². The van der Waals surface area contributed by atoms with E-state index in [0.29, 0.717) is 12.5 Å². The zero-order chi connectivity index (χ0) is 14.8. The number of nitrogens with zero attached hydrogens (tertiary/aromatic N) is 1. The number of ether oxygens (including phenoxy) is 1. The van der Waals surface area contributed by atoms with Crippen molar-refractivity contribution >= 4 is 10.0 Å². The molecule has 0 bridgehead atoms. The van der Waals surface area contributed by atoms with E-state index < -0.39 is 15.6 Å². The first-order valence-corrected chi connectivity index (χ1v) is 8.16. The molecule has 1 unspecified atom stereocenters. The van der Waals surface area contributed by atoms with Gasteiger partial charge in [-0.2, -0.15) is 4.31 Å². The van der Waals surface area contributed by atoms with Crippen LogP contribution in [0.15, 0.2) is 0 Å². The summed E-state index contributed by atoms with van der Waals surface area (Å²) in [4.78, 5) is 0. The summed E-state index contributed by atoms with van der Waals surface area (Å²) in [5, 5.41) is 0. The lowest BCUT2D eigenvalue weighted by Crippen LogP contribution is -2.46. The maximum absolute atomic E-state index is 11.7. The molecule has 0 spiro atoms. The molecule has 0 aromatic rings. The Bertz CT molecular complexity index is 350. The van der Waals surface area contributed by atoms with Gasteiger partial charge >= 0.3 is 0 Å². The Morgan fingerprint density at radius 1 is 1.11 bits per heavy atom. The molecule has 5 heteroatoms. The molecule has 0 aliphatic rings. The third-order valence-corrected chi connectivity index (χ3v) is 4.66. The molecular formula is C14H33NO3S. The third kappa shape index (κ3) is 7.90. The molecule has 0 amide bonds. The highest BCUT2D eigenvalue weighted by atomic mass is 32.2. The van der Waals surface area contributed by atoms with Crippen LogP contribution < -0.4 is 0 Å². The Labute approximate surface area is 120 Å². The van der Waals surface area contributed by atoms with E-state index in [1.54, 1.807) is 0 Å². The number of hydrogen-bond donors (Lipinski definition) is 0. The van der Waals surface area contributed by atoms with Crippen molar-refractivity contribution in [2.45, 2.75) is 61.4 Å². The standard InChI is InChI=1S/C13H29NO3S.CH4/c1-11(12(2,3)4)9-17-10-14(13(5,6)7)18(8,15)16;/h11H,9-10H2,1-8H3;1H4. The average molecular weight is 295 g/mol. The summed E-state index contributed by atoms with van der Waals surface area (Å²) in [7, 11) is -3.25. The van der Waals surface area contributed by atoms with Crippen LogP contribution in [0, 0.1) is 11.3 Å². The molecule has 118 valence electrons. The van der Waals surface area contributed by atoms with Crippen molar-refractivity contribution in [3.8, 4) is 0 Å². The molecule has 0 radical (unpaired) electrons. The monoisotopic (exact) mass is 295 g/mol. The van der Waals surface area contributed by atoms with Crippen molar-refractivity contribution < 1.29 is 13.2 Å². The quantitative estimate of drug-likeness (QED) is 0.731. The highest BCUT2D eigenvalue weighted by molar-refractivity contribution is 7.88. The van der Waals surface area contributed by atoms with Gasteiger partial charge in [0.05, 0.1) is 12.9 Å². The van der Waals surface area contributed by atoms with Crippen LogP contribution in [-0.2, 0) is 14.8 Å². The second-order valence-corrected chi connectivity index (χ2v) is 8.96. The summed E-state index contributed by atoms with van der Waals surface area (Å²) in [6, 6.07) is 0.